The van der Waals surface area contributed by atoms with Gasteiger partial charge in [-0.2, -0.15) is 0 Å². The fourth-order valence-electron chi connectivity index (χ4n) is 3.30. The maximum Gasteiger partial charge on any atom is 0.225 e. The van der Waals surface area contributed by atoms with Gasteiger partial charge in [-0.25, -0.2) is 0 Å². The number of amides is 2. The molecule has 1 N–H and O–H groups in total. The van der Waals surface area contributed by atoms with E-state index in [1.54, 1.807) is 11.8 Å². The number of likely N-dealkylation sites (tertiary alicyclic amines) is 1. The molecule has 1 fully saturated rings. The van der Waals surface area contributed by atoms with Crippen LogP contribution in [0.4, 0.5) is 0 Å². The van der Waals surface area contributed by atoms with Crippen molar-refractivity contribution >= 4 is 11.8 Å². The normalized spacial score (nSPS) is 17.2. The van der Waals surface area contributed by atoms with Crippen LogP contribution in [-0.4, -0.2) is 29.8 Å². The van der Waals surface area contributed by atoms with E-state index in [1.807, 2.05) is 30.3 Å². The van der Waals surface area contributed by atoms with Crippen molar-refractivity contribution in [3.63, 3.8) is 0 Å². The lowest BCUT2D eigenvalue weighted by Gasteiger charge is -2.31. The number of nitrogens with zero attached hydrogens (tertiary/aromatic N) is 1. The number of carbonyl (C=O) groups is 2. The SMILES string of the molecule is CC(=O)N1CCC[C@@H](C(=O)NCc2cccc(-c3ccccc3)c2)C1. The number of benzene rings is 2. The molecule has 130 valence electrons. The van der Waals surface area contributed by atoms with E-state index in [4.69, 9.17) is 0 Å². The molecule has 1 aliphatic heterocycles. The van der Waals surface area contributed by atoms with Crippen molar-refractivity contribution < 1.29 is 9.59 Å². The number of piperidine rings is 1. The van der Waals surface area contributed by atoms with Crippen molar-refractivity contribution in [3.8, 4) is 11.1 Å². The van der Waals surface area contributed by atoms with Crippen LogP contribution in [0.5, 0.6) is 0 Å². The largest absolute Gasteiger partial charge is 0.352 e. The molecule has 1 heterocycles. The minimum atomic E-state index is -0.102. The Morgan fingerprint density at radius 3 is 2.60 bits per heavy atom. The molecule has 1 atom stereocenters. The number of hydrogen-bond donors (Lipinski definition) is 1. The molecule has 2 aromatic carbocycles. The van der Waals surface area contributed by atoms with Gasteiger partial charge in [0.25, 0.3) is 0 Å². The summed E-state index contributed by atoms with van der Waals surface area (Å²) in [5.74, 6) is -0.0147. The number of carbonyl (C=O) groups excluding carboxylic acids is 2. The first-order chi connectivity index (χ1) is 12.1. The molecule has 0 aliphatic carbocycles. The predicted molar refractivity (Wildman–Crippen MR) is 98.7 cm³/mol. The van der Waals surface area contributed by atoms with Crippen molar-refractivity contribution in [2.24, 2.45) is 5.92 Å². The zero-order valence-corrected chi connectivity index (χ0v) is 14.6. The Morgan fingerprint density at radius 2 is 1.84 bits per heavy atom. The maximum absolute atomic E-state index is 12.4. The summed E-state index contributed by atoms with van der Waals surface area (Å²) in [5.41, 5.74) is 3.39. The summed E-state index contributed by atoms with van der Waals surface area (Å²) in [6.45, 7) is 3.37. The summed E-state index contributed by atoms with van der Waals surface area (Å²) in [6, 6.07) is 18.4. The first-order valence-electron chi connectivity index (χ1n) is 8.81. The molecular formula is C21H24N2O2. The van der Waals surface area contributed by atoms with Crippen LogP contribution in [0.2, 0.25) is 0 Å². The molecule has 0 bridgehead atoms. The molecule has 3 rings (SSSR count). The lowest BCUT2D eigenvalue weighted by molar-refractivity contribution is -0.134. The second-order valence-electron chi connectivity index (χ2n) is 6.59. The number of hydrogen-bond acceptors (Lipinski definition) is 2. The van der Waals surface area contributed by atoms with Gasteiger partial charge in [0.15, 0.2) is 0 Å². The smallest absolute Gasteiger partial charge is 0.225 e. The number of nitrogens with one attached hydrogen (secondary N) is 1. The van der Waals surface area contributed by atoms with Crippen molar-refractivity contribution in [1.82, 2.24) is 10.2 Å². The minimum Gasteiger partial charge on any atom is -0.352 e. The third kappa shape index (κ3) is 4.47. The molecule has 1 saturated heterocycles. The van der Waals surface area contributed by atoms with Gasteiger partial charge in [0.1, 0.15) is 0 Å². The van der Waals surface area contributed by atoms with Crippen LogP contribution in [-0.2, 0) is 16.1 Å². The van der Waals surface area contributed by atoms with E-state index in [0.29, 0.717) is 13.1 Å². The Morgan fingerprint density at radius 1 is 1.08 bits per heavy atom. The van der Waals surface area contributed by atoms with Gasteiger partial charge < -0.3 is 10.2 Å². The van der Waals surface area contributed by atoms with Crippen molar-refractivity contribution in [2.75, 3.05) is 13.1 Å². The zero-order chi connectivity index (χ0) is 17.6. The van der Waals surface area contributed by atoms with Crippen LogP contribution in [0.25, 0.3) is 11.1 Å². The lowest BCUT2D eigenvalue weighted by Crippen LogP contribution is -2.44. The fraction of sp³-hybridized carbons (Fsp3) is 0.333. The highest BCUT2D eigenvalue weighted by Crippen LogP contribution is 2.20. The van der Waals surface area contributed by atoms with Gasteiger partial charge in [-0.15, -0.1) is 0 Å². The van der Waals surface area contributed by atoms with E-state index in [-0.39, 0.29) is 17.7 Å². The molecule has 0 aromatic heterocycles. The van der Waals surface area contributed by atoms with Crippen LogP contribution >= 0.6 is 0 Å². The molecular weight excluding hydrogens is 312 g/mol. The second-order valence-corrected chi connectivity index (χ2v) is 6.59. The zero-order valence-electron chi connectivity index (χ0n) is 14.6. The van der Waals surface area contributed by atoms with Gasteiger partial charge in [0.2, 0.25) is 11.8 Å². The van der Waals surface area contributed by atoms with Gasteiger partial charge in [0.05, 0.1) is 5.92 Å². The summed E-state index contributed by atoms with van der Waals surface area (Å²) in [7, 11) is 0. The van der Waals surface area contributed by atoms with E-state index in [2.05, 4.69) is 29.6 Å². The highest BCUT2D eigenvalue weighted by atomic mass is 16.2. The summed E-state index contributed by atoms with van der Waals surface area (Å²) in [5, 5.41) is 3.03. The first-order valence-corrected chi connectivity index (χ1v) is 8.81. The Labute approximate surface area is 148 Å². The maximum atomic E-state index is 12.4. The third-order valence-corrected chi connectivity index (χ3v) is 4.74. The van der Waals surface area contributed by atoms with Crippen LogP contribution in [0.3, 0.4) is 0 Å². The van der Waals surface area contributed by atoms with E-state index in [1.165, 1.54) is 5.56 Å². The predicted octanol–water partition coefficient (Wildman–Crippen LogP) is 3.23. The second kappa shape index (κ2) is 7.97. The highest BCUT2D eigenvalue weighted by molar-refractivity contribution is 5.80. The fourth-order valence-corrected chi connectivity index (χ4v) is 3.30. The Bertz CT molecular complexity index is 743. The van der Waals surface area contributed by atoms with Crippen LogP contribution in [0, 0.1) is 5.92 Å². The monoisotopic (exact) mass is 336 g/mol. The van der Waals surface area contributed by atoms with E-state index in [9.17, 15) is 9.59 Å². The Balaban J connectivity index is 1.60. The molecule has 25 heavy (non-hydrogen) atoms. The average Bonchev–Trinajstić information content (AvgIpc) is 2.67. The van der Waals surface area contributed by atoms with Gasteiger partial charge in [-0.1, -0.05) is 48.5 Å². The van der Waals surface area contributed by atoms with E-state index >= 15 is 0 Å². The molecule has 1 aliphatic rings. The topological polar surface area (TPSA) is 49.4 Å². The summed E-state index contributed by atoms with van der Waals surface area (Å²) >= 11 is 0. The van der Waals surface area contributed by atoms with Gasteiger partial charge >= 0.3 is 0 Å². The molecule has 0 unspecified atom stereocenters. The Kier molecular flexibility index (Phi) is 5.49. The number of rotatable bonds is 4. The van der Waals surface area contributed by atoms with Gasteiger partial charge in [0, 0.05) is 26.6 Å². The van der Waals surface area contributed by atoms with Crippen molar-refractivity contribution in [2.45, 2.75) is 26.3 Å². The van der Waals surface area contributed by atoms with Crippen molar-refractivity contribution in [1.29, 1.82) is 0 Å². The molecule has 0 radical (unpaired) electrons. The van der Waals surface area contributed by atoms with Crippen LogP contribution in [0.15, 0.2) is 54.6 Å². The molecule has 2 aromatic rings. The summed E-state index contributed by atoms with van der Waals surface area (Å²) in [4.78, 5) is 25.7. The van der Waals surface area contributed by atoms with Gasteiger partial charge in [-0.3, -0.25) is 9.59 Å². The van der Waals surface area contributed by atoms with Crippen LogP contribution in [0.1, 0.15) is 25.3 Å². The first kappa shape index (κ1) is 17.2. The molecule has 4 nitrogen and oxygen atoms in total. The molecule has 2 amide bonds. The van der Waals surface area contributed by atoms with Crippen LogP contribution < -0.4 is 5.32 Å². The van der Waals surface area contributed by atoms with E-state index < -0.39 is 0 Å². The standard InChI is InChI=1S/C21H24N2O2/c1-16(24)23-12-6-11-20(15-23)21(25)22-14-17-7-5-10-19(13-17)18-8-3-2-4-9-18/h2-5,7-10,13,20H,6,11-12,14-15H2,1H3,(H,22,25)/t20-/m1/s1. The van der Waals surface area contributed by atoms with E-state index in [0.717, 1.165) is 30.5 Å². The summed E-state index contributed by atoms with van der Waals surface area (Å²) < 4.78 is 0. The summed E-state index contributed by atoms with van der Waals surface area (Å²) in [6.07, 6.45) is 1.74. The molecule has 0 spiro atoms. The Hall–Kier alpha value is -2.62. The quantitative estimate of drug-likeness (QED) is 0.932. The average molecular weight is 336 g/mol. The third-order valence-electron chi connectivity index (χ3n) is 4.74. The van der Waals surface area contributed by atoms with Crippen molar-refractivity contribution in [3.05, 3.63) is 60.2 Å². The lowest BCUT2D eigenvalue weighted by atomic mass is 9.97. The molecule has 4 heteroatoms. The minimum absolute atomic E-state index is 0.0380. The van der Waals surface area contributed by atoms with Gasteiger partial charge in [-0.05, 0) is 35.6 Å². The highest BCUT2D eigenvalue weighted by Gasteiger charge is 2.26. The molecule has 0 saturated carbocycles.